The van der Waals surface area contributed by atoms with Gasteiger partial charge in [0.05, 0.1) is 12.2 Å². The minimum atomic E-state index is -0.345. The molecule has 156 valence electrons. The molecule has 2 aliphatic carbocycles. The van der Waals surface area contributed by atoms with E-state index < -0.39 is 0 Å². The molecule has 4 rings (SSSR count). The summed E-state index contributed by atoms with van der Waals surface area (Å²) in [6, 6.07) is 4.19. The van der Waals surface area contributed by atoms with Crippen LogP contribution in [0.25, 0.3) is 6.08 Å². The first-order valence-corrected chi connectivity index (χ1v) is 11.8. The van der Waals surface area contributed by atoms with Crippen molar-refractivity contribution in [2.45, 2.75) is 32.1 Å². The molecule has 0 saturated heterocycles. The Morgan fingerprint density at radius 1 is 1.30 bits per heavy atom. The summed E-state index contributed by atoms with van der Waals surface area (Å²) in [7, 11) is 0. The van der Waals surface area contributed by atoms with Crippen LogP contribution >= 0.6 is 22.7 Å². The topological polar surface area (TPSA) is 91.2 Å². The number of amides is 2. The van der Waals surface area contributed by atoms with E-state index in [-0.39, 0.29) is 17.9 Å². The zero-order chi connectivity index (χ0) is 20.9. The van der Waals surface area contributed by atoms with Crippen molar-refractivity contribution in [3.05, 3.63) is 44.5 Å². The van der Waals surface area contributed by atoms with Crippen LogP contribution in [0.1, 0.15) is 40.8 Å². The first kappa shape index (κ1) is 20.6. The van der Waals surface area contributed by atoms with Gasteiger partial charge in [-0.1, -0.05) is 0 Å². The number of hydrogen-bond donors (Lipinski definition) is 2. The third-order valence-corrected chi connectivity index (χ3v) is 7.24. The normalized spacial score (nSPS) is 17.9. The molecule has 0 bridgehead atoms. The van der Waals surface area contributed by atoms with Crippen LogP contribution in [0.3, 0.4) is 0 Å². The van der Waals surface area contributed by atoms with Crippen molar-refractivity contribution >= 4 is 45.8 Å². The van der Waals surface area contributed by atoms with Gasteiger partial charge in [0.25, 0.3) is 0 Å². The van der Waals surface area contributed by atoms with Crippen molar-refractivity contribution in [2.24, 2.45) is 11.8 Å². The number of anilines is 1. The van der Waals surface area contributed by atoms with Gasteiger partial charge in [-0.25, -0.2) is 4.79 Å². The summed E-state index contributed by atoms with van der Waals surface area (Å²) in [6.07, 6.45) is 7.65. The second-order valence-corrected chi connectivity index (χ2v) is 9.62. The number of nitriles is 1. The maximum absolute atomic E-state index is 12.3. The maximum atomic E-state index is 12.3. The smallest absolute Gasteiger partial charge is 0.407 e. The highest BCUT2D eigenvalue weighted by Gasteiger charge is 2.27. The molecule has 2 aliphatic rings. The van der Waals surface area contributed by atoms with E-state index in [9.17, 15) is 14.9 Å². The van der Waals surface area contributed by atoms with E-state index >= 15 is 0 Å². The molecule has 1 fully saturated rings. The average molecular weight is 442 g/mol. The molecule has 2 heterocycles. The molecule has 2 aromatic rings. The van der Waals surface area contributed by atoms with Crippen LogP contribution in [0.4, 0.5) is 9.80 Å². The van der Waals surface area contributed by atoms with Crippen molar-refractivity contribution in [1.29, 1.82) is 5.26 Å². The second kappa shape index (κ2) is 9.45. The quantitative estimate of drug-likeness (QED) is 0.616. The fourth-order valence-corrected chi connectivity index (χ4v) is 5.44. The number of hydrogen-bond acceptors (Lipinski definition) is 6. The molecule has 2 aromatic heterocycles. The molecule has 0 radical (unpaired) electrons. The van der Waals surface area contributed by atoms with Crippen LogP contribution in [0, 0.1) is 23.2 Å². The average Bonchev–Trinajstić information content (AvgIpc) is 3.30. The van der Waals surface area contributed by atoms with Crippen molar-refractivity contribution in [3.8, 4) is 6.07 Å². The van der Waals surface area contributed by atoms with Crippen molar-refractivity contribution in [1.82, 2.24) is 5.32 Å². The van der Waals surface area contributed by atoms with Crippen LogP contribution < -0.4 is 10.6 Å². The molecule has 1 saturated carbocycles. The summed E-state index contributed by atoms with van der Waals surface area (Å²) in [5, 5.41) is 19.8. The number of carbonyl (C=O) groups excluding carboxylic acids is 2. The Labute approximate surface area is 183 Å². The van der Waals surface area contributed by atoms with Gasteiger partial charge >= 0.3 is 6.09 Å². The lowest BCUT2D eigenvalue weighted by molar-refractivity contribution is -0.111. The lowest BCUT2D eigenvalue weighted by atomic mass is 9.88. The van der Waals surface area contributed by atoms with Crippen molar-refractivity contribution < 1.29 is 14.3 Å². The summed E-state index contributed by atoms with van der Waals surface area (Å²) in [4.78, 5) is 25.2. The predicted octanol–water partition coefficient (Wildman–Crippen LogP) is 4.57. The van der Waals surface area contributed by atoms with Crippen molar-refractivity contribution in [2.75, 3.05) is 18.5 Å². The van der Waals surface area contributed by atoms with E-state index in [2.05, 4.69) is 16.7 Å². The minimum absolute atomic E-state index is 0.233. The Bertz CT molecular complexity index is 984. The van der Waals surface area contributed by atoms with Crippen LogP contribution in [0.5, 0.6) is 0 Å². The van der Waals surface area contributed by atoms with Gasteiger partial charge < -0.3 is 15.4 Å². The van der Waals surface area contributed by atoms with E-state index in [0.29, 0.717) is 29.6 Å². The molecular formula is C22H23N3O3S2. The van der Waals surface area contributed by atoms with E-state index in [1.807, 2.05) is 16.8 Å². The molecule has 6 nitrogen and oxygen atoms in total. The summed E-state index contributed by atoms with van der Waals surface area (Å²) in [5.41, 5.74) is 2.56. The number of carbonyl (C=O) groups is 2. The summed E-state index contributed by atoms with van der Waals surface area (Å²) in [5.74, 6) is 0.610. The lowest BCUT2D eigenvalue weighted by Gasteiger charge is -2.21. The van der Waals surface area contributed by atoms with Crippen molar-refractivity contribution in [3.63, 3.8) is 0 Å². The standard InChI is InChI=1S/C22H23N3O3S2/c23-10-18-17-5-3-16(12-28-22(27)24-11-14-1-2-14)9-19(17)30-21(18)25-20(26)6-4-15-7-8-29-13-15/h4,6-8,13-14,16H,1-3,5,9,11-12H2,(H,24,27)(H,25,26)/b6-4+. The largest absolute Gasteiger partial charge is 0.449 e. The number of nitrogens with one attached hydrogen (secondary N) is 2. The minimum Gasteiger partial charge on any atom is -0.449 e. The first-order chi connectivity index (χ1) is 14.6. The van der Waals surface area contributed by atoms with Crippen LogP contribution in [0.15, 0.2) is 22.9 Å². The molecule has 8 heteroatoms. The van der Waals surface area contributed by atoms with E-state index in [4.69, 9.17) is 4.74 Å². The number of ether oxygens (including phenoxy) is 1. The number of nitrogens with zero attached hydrogens (tertiary/aromatic N) is 1. The van der Waals surface area contributed by atoms with Gasteiger partial charge in [-0.05, 0) is 78.0 Å². The van der Waals surface area contributed by atoms with Gasteiger partial charge in [0.15, 0.2) is 0 Å². The number of rotatable bonds is 7. The fourth-order valence-electron chi connectivity index (χ4n) is 3.49. The van der Waals surface area contributed by atoms with Crippen LogP contribution in [-0.4, -0.2) is 25.2 Å². The molecule has 1 unspecified atom stereocenters. The summed E-state index contributed by atoms with van der Waals surface area (Å²) in [6.45, 7) is 1.08. The number of thiophene rings is 2. The fraction of sp³-hybridized carbons (Fsp3) is 0.409. The Balaban J connectivity index is 1.34. The zero-order valence-electron chi connectivity index (χ0n) is 16.5. The van der Waals surface area contributed by atoms with E-state index in [0.717, 1.165) is 35.3 Å². The summed E-state index contributed by atoms with van der Waals surface area (Å²) >= 11 is 3.03. The molecule has 0 aliphatic heterocycles. The summed E-state index contributed by atoms with van der Waals surface area (Å²) < 4.78 is 5.38. The zero-order valence-corrected chi connectivity index (χ0v) is 18.1. The Morgan fingerprint density at radius 2 is 2.17 bits per heavy atom. The molecule has 1 atom stereocenters. The second-order valence-electron chi connectivity index (χ2n) is 7.73. The van der Waals surface area contributed by atoms with Gasteiger partial charge in [-0.2, -0.15) is 16.6 Å². The predicted molar refractivity (Wildman–Crippen MR) is 119 cm³/mol. The first-order valence-electron chi connectivity index (χ1n) is 10.1. The number of alkyl carbamates (subject to hydrolysis) is 1. The van der Waals surface area contributed by atoms with Gasteiger partial charge in [0.1, 0.15) is 11.1 Å². The lowest BCUT2D eigenvalue weighted by Crippen LogP contribution is -2.29. The Kier molecular flexibility index (Phi) is 6.50. The Hall–Kier alpha value is -2.63. The molecule has 2 amide bonds. The van der Waals surface area contributed by atoms with Gasteiger partial charge in [-0.15, -0.1) is 11.3 Å². The molecular weight excluding hydrogens is 418 g/mol. The van der Waals surface area contributed by atoms with Crippen LogP contribution in [0.2, 0.25) is 0 Å². The molecule has 2 N–H and O–H groups in total. The van der Waals surface area contributed by atoms with Gasteiger partial charge in [0.2, 0.25) is 5.91 Å². The third kappa shape index (κ3) is 5.29. The highest BCUT2D eigenvalue weighted by atomic mass is 32.1. The van der Waals surface area contributed by atoms with Crippen LogP contribution in [-0.2, 0) is 22.4 Å². The number of fused-ring (bicyclic) bond motifs is 1. The Morgan fingerprint density at radius 3 is 2.90 bits per heavy atom. The molecule has 30 heavy (non-hydrogen) atoms. The van der Waals surface area contributed by atoms with E-state index in [1.54, 1.807) is 17.4 Å². The SMILES string of the molecule is N#Cc1c(NC(=O)/C=C/c2ccsc2)sc2c1CCC(COC(=O)NCC1CC1)C2. The highest BCUT2D eigenvalue weighted by Crippen LogP contribution is 2.39. The highest BCUT2D eigenvalue weighted by molar-refractivity contribution is 7.16. The van der Waals surface area contributed by atoms with Gasteiger partial charge in [-0.3, -0.25) is 4.79 Å². The molecule has 0 aromatic carbocycles. The third-order valence-electron chi connectivity index (χ3n) is 5.37. The van der Waals surface area contributed by atoms with E-state index in [1.165, 1.54) is 30.3 Å². The maximum Gasteiger partial charge on any atom is 0.407 e. The van der Waals surface area contributed by atoms with Gasteiger partial charge in [0, 0.05) is 17.5 Å². The monoisotopic (exact) mass is 441 g/mol. The molecule has 0 spiro atoms.